The average Bonchev–Trinajstić information content (AvgIpc) is 2.58. The first-order valence-corrected chi connectivity index (χ1v) is 7.98. The lowest BCUT2D eigenvalue weighted by atomic mass is 9.91. The van der Waals surface area contributed by atoms with Gasteiger partial charge >= 0.3 is 0 Å². The third-order valence-electron chi connectivity index (χ3n) is 4.61. The Morgan fingerprint density at radius 3 is 2.55 bits per heavy atom. The number of rotatable bonds is 4. The third kappa shape index (κ3) is 3.14. The molecule has 0 radical (unpaired) electrons. The molecule has 0 saturated carbocycles. The van der Waals surface area contributed by atoms with Crippen molar-refractivity contribution >= 4 is 18.0 Å². The van der Waals surface area contributed by atoms with Crippen molar-refractivity contribution in [1.82, 2.24) is 5.32 Å². The highest BCUT2D eigenvalue weighted by atomic mass is 16.5. The normalized spacial score (nSPS) is 23.4. The minimum atomic E-state index is -0.388. The minimum absolute atomic E-state index is 0.0165. The number of hydrogen-bond donors (Lipinski definition) is 1. The van der Waals surface area contributed by atoms with Gasteiger partial charge in [0, 0.05) is 25.4 Å². The lowest BCUT2D eigenvalue weighted by molar-refractivity contribution is -0.124. The van der Waals surface area contributed by atoms with Crippen LogP contribution >= 0.6 is 0 Å². The fraction of sp³-hybridized carbons (Fsp3) is 0.529. The van der Waals surface area contributed by atoms with Crippen LogP contribution in [-0.2, 0) is 14.3 Å². The summed E-state index contributed by atoms with van der Waals surface area (Å²) in [6.45, 7) is 2.37. The zero-order chi connectivity index (χ0) is 15.4. The molecule has 2 amide bonds. The van der Waals surface area contributed by atoms with Crippen LogP contribution in [0.25, 0.3) is 0 Å². The van der Waals surface area contributed by atoms with Gasteiger partial charge in [0.05, 0.1) is 0 Å². The Bertz CT molecular complexity index is 523. The quantitative estimate of drug-likeness (QED) is 0.863. The van der Waals surface area contributed by atoms with E-state index in [1.165, 1.54) is 5.56 Å². The van der Waals surface area contributed by atoms with E-state index in [9.17, 15) is 9.59 Å². The molecule has 1 aromatic carbocycles. The average molecular weight is 302 g/mol. The molecule has 5 heteroatoms. The molecule has 1 atom stereocenters. The summed E-state index contributed by atoms with van der Waals surface area (Å²) < 4.78 is 5.40. The van der Waals surface area contributed by atoms with Crippen LogP contribution in [0.15, 0.2) is 24.3 Å². The van der Waals surface area contributed by atoms with Crippen molar-refractivity contribution in [3.05, 3.63) is 29.8 Å². The summed E-state index contributed by atoms with van der Waals surface area (Å²) in [5, 5.41) is 2.61. The Morgan fingerprint density at radius 2 is 1.86 bits per heavy atom. The van der Waals surface area contributed by atoms with Crippen LogP contribution in [0.3, 0.4) is 0 Å². The van der Waals surface area contributed by atoms with E-state index in [1.54, 1.807) is 4.90 Å². The number of benzene rings is 1. The van der Waals surface area contributed by atoms with Crippen LogP contribution in [0.5, 0.6) is 0 Å². The van der Waals surface area contributed by atoms with E-state index in [1.807, 2.05) is 12.1 Å². The van der Waals surface area contributed by atoms with E-state index in [0.717, 1.165) is 38.2 Å². The van der Waals surface area contributed by atoms with Crippen LogP contribution in [0.1, 0.15) is 37.2 Å². The molecule has 0 aromatic heterocycles. The summed E-state index contributed by atoms with van der Waals surface area (Å²) in [6.07, 6.45) is 4.36. The van der Waals surface area contributed by atoms with Crippen molar-refractivity contribution in [2.24, 2.45) is 0 Å². The van der Waals surface area contributed by atoms with Crippen LogP contribution < -0.4 is 10.2 Å². The van der Waals surface area contributed by atoms with Crippen molar-refractivity contribution in [3.8, 4) is 0 Å². The lowest BCUT2D eigenvalue weighted by Crippen LogP contribution is -2.50. The Balaban J connectivity index is 1.71. The minimum Gasteiger partial charge on any atom is -0.381 e. The van der Waals surface area contributed by atoms with Gasteiger partial charge in [-0.25, -0.2) is 0 Å². The molecule has 1 unspecified atom stereocenters. The second-order valence-electron chi connectivity index (χ2n) is 5.95. The zero-order valence-electron chi connectivity index (χ0n) is 12.7. The molecule has 1 aromatic rings. The summed E-state index contributed by atoms with van der Waals surface area (Å²) in [4.78, 5) is 24.8. The first kappa shape index (κ1) is 15.0. The molecule has 2 aliphatic heterocycles. The van der Waals surface area contributed by atoms with E-state index < -0.39 is 0 Å². The fourth-order valence-corrected chi connectivity index (χ4v) is 3.33. The summed E-state index contributed by atoms with van der Waals surface area (Å²) in [6, 6.07) is 7.89. The van der Waals surface area contributed by atoms with Gasteiger partial charge in [-0.05, 0) is 49.3 Å². The van der Waals surface area contributed by atoms with E-state index in [0.29, 0.717) is 25.3 Å². The Hall–Kier alpha value is -1.88. The van der Waals surface area contributed by atoms with Crippen molar-refractivity contribution < 1.29 is 14.3 Å². The monoisotopic (exact) mass is 302 g/mol. The van der Waals surface area contributed by atoms with Gasteiger partial charge in [-0.1, -0.05) is 12.1 Å². The van der Waals surface area contributed by atoms with Crippen molar-refractivity contribution in [2.75, 3.05) is 24.7 Å². The maximum absolute atomic E-state index is 12.4. The third-order valence-corrected chi connectivity index (χ3v) is 4.61. The van der Waals surface area contributed by atoms with Crippen molar-refractivity contribution in [2.45, 2.75) is 37.6 Å². The Labute approximate surface area is 130 Å². The molecule has 0 spiro atoms. The summed E-state index contributed by atoms with van der Waals surface area (Å²) in [5.41, 5.74) is 2.23. The topological polar surface area (TPSA) is 58.6 Å². The van der Waals surface area contributed by atoms with Gasteiger partial charge < -0.3 is 15.0 Å². The van der Waals surface area contributed by atoms with Gasteiger partial charge in [0.15, 0.2) is 0 Å². The number of amides is 2. The number of piperidine rings is 1. The van der Waals surface area contributed by atoms with E-state index in [4.69, 9.17) is 4.74 Å². The number of hydrogen-bond acceptors (Lipinski definition) is 3. The molecule has 3 rings (SSSR count). The molecule has 2 fully saturated rings. The number of anilines is 1. The Morgan fingerprint density at radius 1 is 1.14 bits per heavy atom. The van der Waals surface area contributed by atoms with Gasteiger partial charge in [-0.2, -0.15) is 0 Å². The van der Waals surface area contributed by atoms with Crippen LogP contribution in [-0.4, -0.2) is 38.1 Å². The van der Waals surface area contributed by atoms with Crippen molar-refractivity contribution in [1.29, 1.82) is 0 Å². The zero-order valence-corrected chi connectivity index (χ0v) is 12.7. The smallest absolute Gasteiger partial charge is 0.249 e. The molecule has 0 aliphatic carbocycles. The fourth-order valence-electron chi connectivity index (χ4n) is 3.33. The second kappa shape index (κ2) is 6.92. The van der Waals surface area contributed by atoms with Gasteiger partial charge in [0.2, 0.25) is 12.3 Å². The highest BCUT2D eigenvalue weighted by Gasteiger charge is 2.29. The van der Waals surface area contributed by atoms with Gasteiger partial charge in [-0.3, -0.25) is 9.59 Å². The van der Waals surface area contributed by atoms with E-state index in [2.05, 4.69) is 17.4 Å². The molecule has 22 heavy (non-hydrogen) atoms. The van der Waals surface area contributed by atoms with Crippen LogP contribution in [0.2, 0.25) is 0 Å². The number of ether oxygens (including phenoxy) is 1. The van der Waals surface area contributed by atoms with E-state index >= 15 is 0 Å². The second-order valence-corrected chi connectivity index (χ2v) is 5.95. The molecular weight excluding hydrogens is 280 g/mol. The predicted octanol–water partition coefficient (Wildman–Crippen LogP) is 1.82. The number of carbonyl (C=O) groups is 2. The molecule has 1 N–H and O–H groups in total. The largest absolute Gasteiger partial charge is 0.381 e. The molecular formula is C17H22N2O3. The first-order valence-electron chi connectivity index (χ1n) is 7.98. The maximum Gasteiger partial charge on any atom is 0.249 e. The highest BCUT2D eigenvalue weighted by molar-refractivity contribution is 5.98. The predicted molar refractivity (Wildman–Crippen MR) is 83.8 cm³/mol. The molecule has 5 nitrogen and oxygen atoms in total. The van der Waals surface area contributed by atoms with Crippen molar-refractivity contribution in [3.63, 3.8) is 0 Å². The van der Waals surface area contributed by atoms with Crippen LogP contribution in [0, 0.1) is 0 Å². The summed E-state index contributed by atoms with van der Waals surface area (Å²) >= 11 is 0. The number of nitrogens with zero attached hydrogens (tertiary/aromatic N) is 1. The summed E-state index contributed by atoms with van der Waals surface area (Å²) in [7, 11) is 0. The van der Waals surface area contributed by atoms with Gasteiger partial charge in [-0.15, -0.1) is 0 Å². The molecule has 2 heterocycles. The SMILES string of the molecule is O=CNC1CCCN(c2ccc(C3CCOCC3)cc2)C1=O. The molecule has 0 bridgehead atoms. The molecule has 2 saturated heterocycles. The van der Waals surface area contributed by atoms with Crippen LogP contribution in [0.4, 0.5) is 5.69 Å². The standard InChI is InChI=1S/C17H22N2O3/c20-12-18-16-2-1-9-19(17(16)21)15-5-3-13(4-6-15)14-7-10-22-11-8-14/h3-6,12,14,16H,1-2,7-11H2,(H,18,20). The molecule has 2 aliphatic rings. The number of carbonyl (C=O) groups excluding carboxylic acids is 2. The van der Waals surface area contributed by atoms with Gasteiger partial charge in [0.25, 0.3) is 0 Å². The summed E-state index contributed by atoms with van der Waals surface area (Å²) in [5.74, 6) is 0.543. The first-order chi connectivity index (χ1) is 10.8. The maximum atomic E-state index is 12.4. The lowest BCUT2D eigenvalue weighted by Gasteiger charge is -2.32. The number of nitrogens with one attached hydrogen (secondary N) is 1. The van der Waals surface area contributed by atoms with E-state index in [-0.39, 0.29) is 11.9 Å². The molecule has 118 valence electrons. The Kier molecular flexibility index (Phi) is 4.73. The van der Waals surface area contributed by atoms with Gasteiger partial charge in [0.1, 0.15) is 6.04 Å². The highest BCUT2D eigenvalue weighted by Crippen LogP contribution is 2.29.